The summed E-state index contributed by atoms with van der Waals surface area (Å²) in [5.74, 6) is -4.26. The van der Waals surface area contributed by atoms with E-state index in [1.54, 1.807) is 0 Å². The van der Waals surface area contributed by atoms with Crippen molar-refractivity contribution in [3.63, 3.8) is 0 Å². The summed E-state index contributed by atoms with van der Waals surface area (Å²) < 4.78 is 15.6. The standard InChI is InChI=1S/C14H24O10/c1-22-14-10(17)9(16)11(8(6-15)24-14)23-5-3-2-4-7(12(18)19)13(20)21/h7-11,14-17H,2-6H2,1H3,(H,18,19)(H,20,21)/t8-,9-,10-,11-,14+/m1/s1. The number of aliphatic hydroxyl groups is 3. The summed E-state index contributed by atoms with van der Waals surface area (Å²) in [6, 6.07) is 0. The number of rotatable bonds is 10. The van der Waals surface area contributed by atoms with Crippen LogP contribution in [0.15, 0.2) is 0 Å². The molecule has 0 bridgehead atoms. The van der Waals surface area contributed by atoms with Gasteiger partial charge in [0.15, 0.2) is 12.2 Å². The first-order valence-corrected chi connectivity index (χ1v) is 7.56. The Morgan fingerprint density at radius 3 is 2.25 bits per heavy atom. The maximum Gasteiger partial charge on any atom is 0.317 e. The normalized spacial score (nSPS) is 30.5. The van der Waals surface area contributed by atoms with Crippen molar-refractivity contribution in [3.8, 4) is 0 Å². The number of unbranched alkanes of at least 4 members (excludes halogenated alkanes) is 1. The van der Waals surface area contributed by atoms with E-state index >= 15 is 0 Å². The van der Waals surface area contributed by atoms with Gasteiger partial charge in [-0.2, -0.15) is 0 Å². The van der Waals surface area contributed by atoms with Gasteiger partial charge in [-0.25, -0.2) is 0 Å². The van der Waals surface area contributed by atoms with Crippen LogP contribution in [0.1, 0.15) is 19.3 Å². The van der Waals surface area contributed by atoms with Gasteiger partial charge in [0.2, 0.25) is 0 Å². The molecule has 0 spiro atoms. The summed E-state index contributed by atoms with van der Waals surface area (Å²) in [5, 5.41) is 46.7. The third-order valence-electron chi connectivity index (χ3n) is 3.85. The third kappa shape index (κ3) is 5.36. The second kappa shape index (κ2) is 9.87. The zero-order valence-corrected chi connectivity index (χ0v) is 13.3. The Balaban J connectivity index is 2.42. The number of aliphatic hydroxyl groups excluding tert-OH is 3. The Morgan fingerprint density at radius 1 is 1.12 bits per heavy atom. The number of carboxylic acid groups (broad SMARTS) is 2. The maximum atomic E-state index is 10.7. The molecular formula is C14H24O10. The molecule has 1 heterocycles. The molecule has 1 fully saturated rings. The Hall–Kier alpha value is -1.30. The third-order valence-corrected chi connectivity index (χ3v) is 3.85. The molecule has 0 saturated carbocycles. The first-order valence-electron chi connectivity index (χ1n) is 7.56. The molecule has 0 aromatic rings. The highest BCUT2D eigenvalue weighted by molar-refractivity contribution is 5.92. The summed E-state index contributed by atoms with van der Waals surface area (Å²) in [6.07, 6.45) is -5.02. The van der Waals surface area contributed by atoms with Gasteiger partial charge in [-0.05, 0) is 19.3 Å². The van der Waals surface area contributed by atoms with E-state index in [9.17, 15) is 24.9 Å². The van der Waals surface area contributed by atoms with Crippen molar-refractivity contribution < 1.29 is 49.3 Å². The van der Waals surface area contributed by atoms with E-state index in [0.29, 0.717) is 12.8 Å². The van der Waals surface area contributed by atoms with Crippen molar-refractivity contribution in [1.29, 1.82) is 0 Å². The molecule has 0 aliphatic carbocycles. The fraction of sp³-hybridized carbons (Fsp3) is 0.857. The van der Waals surface area contributed by atoms with Crippen LogP contribution >= 0.6 is 0 Å². The van der Waals surface area contributed by atoms with Crippen molar-refractivity contribution in [2.45, 2.75) is 50.0 Å². The topological polar surface area (TPSA) is 163 Å². The van der Waals surface area contributed by atoms with Crippen molar-refractivity contribution in [1.82, 2.24) is 0 Å². The fourth-order valence-electron chi connectivity index (χ4n) is 2.48. The average molecular weight is 352 g/mol. The number of methoxy groups -OCH3 is 1. The van der Waals surface area contributed by atoms with Gasteiger partial charge in [-0.1, -0.05) is 0 Å². The van der Waals surface area contributed by atoms with Gasteiger partial charge in [0, 0.05) is 13.7 Å². The molecule has 10 heteroatoms. The van der Waals surface area contributed by atoms with Crippen molar-refractivity contribution in [2.75, 3.05) is 20.3 Å². The molecule has 0 unspecified atom stereocenters. The molecule has 0 radical (unpaired) electrons. The van der Waals surface area contributed by atoms with Gasteiger partial charge in [-0.3, -0.25) is 9.59 Å². The molecule has 0 amide bonds. The molecular weight excluding hydrogens is 328 g/mol. The van der Waals surface area contributed by atoms with E-state index in [0.717, 1.165) is 0 Å². The van der Waals surface area contributed by atoms with Gasteiger partial charge in [0.25, 0.3) is 0 Å². The van der Waals surface area contributed by atoms with Crippen LogP contribution in [0.4, 0.5) is 0 Å². The minimum absolute atomic E-state index is 0.0461. The zero-order chi connectivity index (χ0) is 18.3. The van der Waals surface area contributed by atoms with E-state index in [-0.39, 0.29) is 13.0 Å². The molecule has 1 aliphatic rings. The van der Waals surface area contributed by atoms with Crippen LogP contribution in [-0.4, -0.2) is 88.5 Å². The quantitative estimate of drug-likeness (QED) is 0.229. The van der Waals surface area contributed by atoms with Crippen LogP contribution in [0.2, 0.25) is 0 Å². The molecule has 24 heavy (non-hydrogen) atoms. The minimum Gasteiger partial charge on any atom is -0.481 e. The van der Waals surface area contributed by atoms with Crippen LogP contribution in [-0.2, 0) is 23.8 Å². The molecule has 1 aliphatic heterocycles. The number of carbonyl (C=O) groups is 2. The predicted octanol–water partition coefficient (Wildman–Crippen LogP) is -1.59. The summed E-state index contributed by atoms with van der Waals surface area (Å²) in [4.78, 5) is 21.5. The van der Waals surface area contributed by atoms with Crippen molar-refractivity contribution in [3.05, 3.63) is 0 Å². The maximum absolute atomic E-state index is 10.7. The highest BCUT2D eigenvalue weighted by Crippen LogP contribution is 2.24. The van der Waals surface area contributed by atoms with Crippen LogP contribution in [0.3, 0.4) is 0 Å². The number of ether oxygens (including phenoxy) is 3. The Kier molecular flexibility index (Phi) is 8.53. The Labute approximate surface area is 138 Å². The Morgan fingerprint density at radius 2 is 1.75 bits per heavy atom. The summed E-state index contributed by atoms with van der Waals surface area (Å²) in [7, 11) is 1.29. The van der Waals surface area contributed by atoms with Gasteiger partial charge in [0.1, 0.15) is 24.4 Å². The van der Waals surface area contributed by atoms with Gasteiger partial charge >= 0.3 is 11.9 Å². The number of hydrogen-bond donors (Lipinski definition) is 5. The van der Waals surface area contributed by atoms with E-state index in [1.165, 1.54) is 7.11 Å². The van der Waals surface area contributed by atoms with E-state index in [2.05, 4.69) is 0 Å². The van der Waals surface area contributed by atoms with Crippen LogP contribution in [0.5, 0.6) is 0 Å². The minimum atomic E-state index is -1.47. The van der Waals surface area contributed by atoms with Gasteiger partial charge in [0.05, 0.1) is 6.61 Å². The molecule has 10 nitrogen and oxygen atoms in total. The highest BCUT2D eigenvalue weighted by Gasteiger charge is 2.45. The largest absolute Gasteiger partial charge is 0.481 e. The smallest absolute Gasteiger partial charge is 0.317 e. The summed E-state index contributed by atoms with van der Waals surface area (Å²) in [6.45, 7) is -0.369. The average Bonchev–Trinajstić information content (AvgIpc) is 2.53. The van der Waals surface area contributed by atoms with Gasteiger partial charge < -0.3 is 39.7 Å². The molecule has 0 aromatic heterocycles. The predicted molar refractivity (Wildman–Crippen MR) is 77.1 cm³/mol. The lowest BCUT2D eigenvalue weighted by Crippen LogP contribution is -2.59. The molecule has 0 aromatic carbocycles. The van der Waals surface area contributed by atoms with Crippen LogP contribution in [0, 0.1) is 5.92 Å². The van der Waals surface area contributed by atoms with Crippen LogP contribution < -0.4 is 0 Å². The molecule has 140 valence electrons. The number of hydrogen-bond acceptors (Lipinski definition) is 8. The first-order chi connectivity index (χ1) is 11.3. The van der Waals surface area contributed by atoms with Crippen molar-refractivity contribution >= 4 is 11.9 Å². The van der Waals surface area contributed by atoms with Crippen molar-refractivity contribution in [2.24, 2.45) is 5.92 Å². The summed E-state index contributed by atoms with van der Waals surface area (Å²) >= 11 is 0. The van der Waals surface area contributed by atoms with E-state index in [4.69, 9.17) is 24.4 Å². The lowest BCUT2D eigenvalue weighted by Gasteiger charge is -2.41. The van der Waals surface area contributed by atoms with E-state index in [1.807, 2.05) is 0 Å². The second-order valence-corrected chi connectivity index (χ2v) is 5.50. The molecule has 5 N–H and O–H groups in total. The monoisotopic (exact) mass is 352 g/mol. The SMILES string of the molecule is CO[C@H]1O[C@H](CO)[C@@H](OCCCCC(C(=O)O)C(=O)O)[C@H](O)[C@H]1O. The second-order valence-electron chi connectivity index (χ2n) is 5.50. The first kappa shape index (κ1) is 20.7. The molecule has 1 saturated heterocycles. The highest BCUT2D eigenvalue weighted by atomic mass is 16.7. The zero-order valence-electron chi connectivity index (χ0n) is 13.3. The number of aliphatic carboxylic acids is 2. The lowest BCUT2D eigenvalue weighted by atomic mass is 9.99. The number of carboxylic acids is 2. The molecule has 1 rings (SSSR count). The van der Waals surface area contributed by atoms with Crippen LogP contribution in [0.25, 0.3) is 0 Å². The summed E-state index contributed by atoms with van der Waals surface area (Å²) in [5.41, 5.74) is 0. The van der Waals surface area contributed by atoms with E-state index < -0.39 is 55.2 Å². The van der Waals surface area contributed by atoms with Gasteiger partial charge in [-0.15, -0.1) is 0 Å². The lowest BCUT2D eigenvalue weighted by molar-refractivity contribution is -0.301. The Bertz CT molecular complexity index is 398. The fourth-order valence-corrected chi connectivity index (χ4v) is 2.48. The molecule has 5 atom stereocenters.